The Labute approximate surface area is 186 Å². The van der Waals surface area contributed by atoms with E-state index in [0.29, 0.717) is 28.9 Å². The fourth-order valence-electron chi connectivity index (χ4n) is 3.62. The molecule has 1 aromatic heterocycles. The van der Waals surface area contributed by atoms with Crippen LogP contribution in [0.4, 0.5) is 5.13 Å². The van der Waals surface area contributed by atoms with Crippen LogP contribution in [0.3, 0.4) is 0 Å². The average Bonchev–Trinajstić information content (AvgIpc) is 3.42. The number of ether oxygens (including phenoxy) is 3. The number of carbonyl (C=O) groups excluding carboxylic acids is 1. The minimum atomic E-state index is 0.00374. The summed E-state index contributed by atoms with van der Waals surface area (Å²) in [5.74, 6) is 2.12. The normalized spacial score (nSPS) is 12.5. The van der Waals surface area contributed by atoms with E-state index >= 15 is 0 Å². The molecule has 1 aliphatic heterocycles. The van der Waals surface area contributed by atoms with Gasteiger partial charge in [-0.3, -0.25) is 9.69 Å². The van der Waals surface area contributed by atoms with Gasteiger partial charge in [0.1, 0.15) is 11.3 Å². The monoisotopic (exact) mass is 441 g/mol. The van der Waals surface area contributed by atoms with Gasteiger partial charge in [-0.15, -0.1) is 0 Å². The van der Waals surface area contributed by atoms with E-state index in [9.17, 15) is 4.79 Å². The number of anilines is 1. The number of thiazole rings is 1. The summed E-state index contributed by atoms with van der Waals surface area (Å²) in [6.07, 6.45) is 0.266. The molecular formula is C23H27N3O4S. The number of benzene rings is 2. The van der Waals surface area contributed by atoms with Crippen molar-refractivity contribution in [3.8, 4) is 17.2 Å². The number of likely N-dealkylation sites (N-methyl/N-ethyl adjacent to an activating group) is 1. The maximum absolute atomic E-state index is 13.4. The maximum Gasteiger partial charge on any atom is 0.233 e. The molecule has 0 spiro atoms. The molecule has 7 nitrogen and oxygen atoms in total. The van der Waals surface area contributed by atoms with Crippen molar-refractivity contribution in [1.29, 1.82) is 0 Å². The van der Waals surface area contributed by atoms with Crippen LogP contribution in [0.2, 0.25) is 0 Å². The molecule has 2 heterocycles. The molecule has 0 saturated heterocycles. The minimum absolute atomic E-state index is 0.00374. The quantitative estimate of drug-likeness (QED) is 0.501. The average molecular weight is 442 g/mol. The Balaban J connectivity index is 1.61. The molecule has 2 aromatic carbocycles. The van der Waals surface area contributed by atoms with Crippen LogP contribution in [0, 0.1) is 0 Å². The summed E-state index contributed by atoms with van der Waals surface area (Å²) >= 11 is 1.51. The third kappa shape index (κ3) is 4.60. The number of carbonyl (C=O) groups is 1. The van der Waals surface area contributed by atoms with Crippen molar-refractivity contribution in [2.45, 2.75) is 20.3 Å². The Kier molecular flexibility index (Phi) is 6.58. The van der Waals surface area contributed by atoms with Gasteiger partial charge >= 0.3 is 0 Å². The van der Waals surface area contributed by atoms with E-state index in [4.69, 9.17) is 19.2 Å². The van der Waals surface area contributed by atoms with Gasteiger partial charge in [0.05, 0.1) is 18.2 Å². The number of nitrogens with zero attached hydrogens (tertiary/aromatic N) is 3. The minimum Gasteiger partial charge on any atom is -0.494 e. The van der Waals surface area contributed by atoms with Crippen LogP contribution in [-0.2, 0) is 11.2 Å². The summed E-state index contributed by atoms with van der Waals surface area (Å²) < 4.78 is 17.3. The van der Waals surface area contributed by atoms with E-state index in [1.165, 1.54) is 11.3 Å². The molecule has 0 unspecified atom stereocenters. The molecule has 0 aliphatic carbocycles. The van der Waals surface area contributed by atoms with Gasteiger partial charge in [0.2, 0.25) is 12.7 Å². The first-order chi connectivity index (χ1) is 15.1. The van der Waals surface area contributed by atoms with Gasteiger partial charge in [0.25, 0.3) is 0 Å². The number of rotatable bonds is 9. The van der Waals surface area contributed by atoms with Gasteiger partial charge in [-0.1, -0.05) is 37.3 Å². The van der Waals surface area contributed by atoms with E-state index in [1.54, 1.807) is 12.0 Å². The van der Waals surface area contributed by atoms with Crippen LogP contribution in [0.15, 0.2) is 36.4 Å². The second-order valence-corrected chi connectivity index (χ2v) is 8.25. The summed E-state index contributed by atoms with van der Waals surface area (Å²) in [5, 5.41) is 0.692. The Morgan fingerprint density at radius 1 is 1.13 bits per heavy atom. The lowest BCUT2D eigenvalue weighted by Gasteiger charge is -2.24. The second-order valence-electron chi connectivity index (χ2n) is 7.24. The van der Waals surface area contributed by atoms with Crippen molar-refractivity contribution in [1.82, 2.24) is 9.88 Å². The number of fused-ring (bicyclic) bond motifs is 2. The number of hydrogen-bond acceptors (Lipinski definition) is 7. The van der Waals surface area contributed by atoms with Crippen LogP contribution in [-0.4, -0.2) is 55.9 Å². The van der Waals surface area contributed by atoms with Crippen molar-refractivity contribution in [2.75, 3.05) is 45.0 Å². The van der Waals surface area contributed by atoms with Gasteiger partial charge in [0.15, 0.2) is 16.6 Å². The predicted molar refractivity (Wildman–Crippen MR) is 123 cm³/mol. The summed E-state index contributed by atoms with van der Waals surface area (Å²) in [5.41, 5.74) is 1.68. The molecule has 0 N–H and O–H groups in total. The Morgan fingerprint density at radius 2 is 1.94 bits per heavy atom. The summed E-state index contributed by atoms with van der Waals surface area (Å²) in [6, 6.07) is 11.5. The van der Waals surface area contributed by atoms with E-state index in [2.05, 4.69) is 18.7 Å². The fourth-order valence-corrected chi connectivity index (χ4v) is 4.65. The van der Waals surface area contributed by atoms with E-state index in [0.717, 1.165) is 35.4 Å². The Bertz CT molecular complexity index is 1060. The van der Waals surface area contributed by atoms with Gasteiger partial charge < -0.3 is 19.1 Å². The molecule has 1 aliphatic rings. The zero-order valence-electron chi connectivity index (χ0n) is 18.1. The number of hydrogen-bond donors (Lipinski definition) is 0. The first kappa shape index (κ1) is 21.4. The highest BCUT2D eigenvalue weighted by Gasteiger charge is 2.23. The predicted octanol–water partition coefficient (Wildman–Crippen LogP) is 3.95. The molecule has 164 valence electrons. The van der Waals surface area contributed by atoms with Crippen LogP contribution in [0.1, 0.15) is 19.4 Å². The van der Waals surface area contributed by atoms with Crippen LogP contribution in [0.5, 0.6) is 17.2 Å². The SMILES string of the molecule is CCN(CC)CCN(C(=O)Cc1ccc2c(c1)OCO2)c1nc2c(OC)cccc2s1. The Morgan fingerprint density at radius 3 is 2.71 bits per heavy atom. The second kappa shape index (κ2) is 9.53. The highest BCUT2D eigenvalue weighted by Crippen LogP contribution is 2.35. The lowest BCUT2D eigenvalue weighted by molar-refractivity contribution is -0.118. The molecule has 3 aromatic rings. The summed E-state index contributed by atoms with van der Waals surface area (Å²) in [6.45, 7) is 7.72. The largest absolute Gasteiger partial charge is 0.494 e. The van der Waals surface area contributed by atoms with E-state index in [-0.39, 0.29) is 19.1 Å². The lowest BCUT2D eigenvalue weighted by atomic mass is 10.1. The van der Waals surface area contributed by atoms with Crippen molar-refractivity contribution < 1.29 is 19.0 Å². The third-order valence-electron chi connectivity index (χ3n) is 5.45. The molecule has 4 rings (SSSR count). The molecule has 8 heteroatoms. The number of para-hydroxylation sites is 1. The molecule has 0 bridgehead atoms. The molecular weight excluding hydrogens is 414 g/mol. The molecule has 0 fully saturated rings. The van der Waals surface area contributed by atoms with Gasteiger partial charge in [0, 0.05) is 13.1 Å². The number of methoxy groups -OCH3 is 1. The highest BCUT2D eigenvalue weighted by molar-refractivity contribution is 7.22. The molecule has 1 amide bonds. The zero-order valence-corrected chi connectivity index (χ0v) is 18.9. The fraction of sp³-hybridized carbons (Fsp3) is 0.391. The first-order valence-corrected chi connectivity index (χ1v) is 11.3. The maximum atomic E-state index is 13.4. The zero-order chi connectivity index (χ0) is 21.8. The number of amides is 1. The van der Waals surface area contributed by atoms with Crippen molar-refractivity contribution >= 4 is 32.6 Å². The molecule has 0 radical (unpaired) electrons. The molecule has 31 heavy (non-hydrogen) atoms. The van der Waals surface area contributed by atoms with Crippen LogP contribution >= 0.6 is 11.3 Å². The standard InChI is InChI=1S/C23H27N3O4S/c1-4-25(5-2)11-12-26(23-24-22-18(28-3)7-6-8-20(22)31-23)21(27)14-16-9-10-17-19(13-16)30-15-29-17/h6-10,13H,4-5,11-12,14-15H2,1-3H3. The van der Waals surface area contributed by atoms with Crippen molar-refractivity contribution in [2.24, 2.45) is 0 Å². The smallest absolute Gasteiger partial charge is 0.233 e. The third-order valence-corrected chi connectivity index (χ3v) is 6.49. The van der Waals surface area contributed by atoms with Gasteiger partial charge in [-0.2, -0.15) is 0 Å². The molecule has 0 saturated carbocycles. The van der Waals surface area contributed by atoms with E-state index in [1.807, 2.05) is 36.4 Å². The highest BCUT2D eigenvalue weighted by atomic mass is 32.1. The van der Waals surface area contributed by atoms with E-state index < -0.39 is 0 Å². The summed E-state index contributed by atoms with van der Waals surface area (Å²) in [4.78, 5) is 22.3. The topological polar surface area (TPSA) is 64.1 Å². The lowest BCUT2D eigenvalue weighted by Crippen LogP contribution is -2.39. The number of aromatic nitrogens is 1. The molecule has 0 atom stereocenters. The first-order valence-electron chi connectivity index (χ1n) is 10.5. The van der Waals surface area contributed by atoms with Crippen LogP contribution < -0.4 is 19.1 Å². The van der Waals surface area contributed by atoms with Crippen molar-refractivity contribution in [3.05, 3.63) is 42.0 Å². The Hall–Kier alpha value is -2.84. The van der Waals surface area contributed by atoms with Crippen molar-refractivity contribution in [3.63, 3.8) is 0 Å². The summed E-state index contributed by atoms with van der Waals surface area (Å²) in [7, 11) is 1.64. The van der Waals surface area contributed by atoms with Gasteiger partial charge in [-0.25, -0.2) is 4.98 Å². The van der Waals surface area contributed by atoms with Gasteiger partial charge in [-0.05, 0) is 42.9 Å². The van der Waals surface area contributed by atoms with Crippen LogP contribution in [0.25, 0.3) is 10.2 Å².